The standard InChI is InChI=1S/C11H12Cl3NO/c12-8-4-10(14)11(5-9(8)13)16-7-2-1-3-15-6-7/h4-5,7,15H,1-3,6H2/t7-/m1/s1. The van der Waals surface area contributed by atoms with Crippen molar-refractivity contribution in [2.75, 3.05) is 13.1 Å². The van der Waals surface area contributed by atoms with Crippen molar-refractivity contribution in [3.8, 4) is 5.75 Å². The maximum absolute atomic E-state index is 6.03. The van der Waals surface area contributed by atoms with Gasteiger partial charge in [-0.2, -0.15) is 0 Å². The Morgan fingerprint density at radius 2 is 1.88 bits per heavy atom. The van der Waals surface area contributed by atoms with Crippen LogP contribution in [0.1, 0.15) is 12.8 Å². The third-order valence-corrected chi connectivity index (χ3v) is 3.54. The second-order valence-corrected chi connectivity index (χ2v) is 5.00. The summed E-state index contributed by atoms with van der Waals surface area (Å²) >= 11 is 17.8. The first kappa shape index (κ1) is 12.3. The predicted molar refractivity (Wildman–Crippen MR) is 68.0 cm³/mol. The molecule has 5 heteroatoms. The lowest BCUT2D eigenvalue weighted by atomic mass is 10.1. The van der Waals surface area contributed by atoms with E-state index in [2.05, 4.69) is 5.32 Å². The molecule has 1 aliphatic rings. The SMILES string of the molecule is Clc1cc(Cl)c(O[C@@H]2CCCNC2)cc1Cl. The summed E-state index contributed by atoms with van der Waals surface area (Å²) in [5, 5.41) is 4.68. The van der Waals surface area contributed by atoms with Crippen molar-refractivity contribution in [2.24, 2.45) is 0 Å². The van der Waals surface area contributed by atoms with Gasteiger partial charge < -0.3 is 10.1 Å². The van der Waals surface area contributed by atoms with Crippen LogP contribution in [-0.4, -0.2) is 19.2 Å². The van der Waals surface area contributed by atoms with Gasteiger partial charge >= 0.3 is 0 Å². The van der Waals surface area contributed by atoms with Crippen molar-refractivity contribution in [1.82, 2.24) is 5.32 Å². The number of halogens is 3. The smallest absolute Gasteiger partial charge is 0.139 e. The van der Waals surface area contributed by atoms with E-state index in [1.54, 1.807) is 12.1 Å². The topological polar surface area (TPSA) is 21.3 Å². The van der Waals surface area contributed by atoms with Crippen LogP contribution in [-0.2, 0) is 0 Å². The summed E-state index contributed by atoms with van der Waals surface area (Å²) in [4.78, 5) is 0. The van der Waals surface area contributed by atoms with Gasteiger partial charge in [-0.25, -0.2) is 0 Å². The van der Waals surface area contributed by atoms with E-state index in [-0.39, 0.29) is 6.10 Å². The number of piperidine rings is 1. The van der Waals surface area contributed by atoms with Crippen molar-refractivity contribution in [3.05, 3.63) is 27.2 Å². The summed E-state index contributed by atoms with van der Waals surface area (Å²) in [6.07, 6.45) is 2.30. The maximum atomic E-state index is 6.03. The Kier molecular flexibility index (Phi) is 4.20. The highest BCUT2D eigenvalue weighted by atomic mass is 35.5. The molecule has 16 heavy (non-hydrogen) atoms. The predicted octanol–water partition coefficient (Wildman–Crippen LogP) is 3.78. The molecular weight excluding hydrogens is 268 g/mol. The summed E-state index contributed by atoms with van der Waals surface area (Å²) in [6, 6.07) is 3.28. The number of hydrogen-bond acceptors (Lipinski definition) is 2. The zero-order valence-electron chi connectivity index (χ0n) is 8.60. The molecule has 1 saturated heterocycles. The summed E-state index contributed by atoms with van der Waals surface area (Å²) in [5.74, 6) is 0.602. The van der Waals surface area contributed by atoms with Crippen molar-refractivity contribution in [2.45, 2.75) is 18.9 Å². The fraction of sp³-hybridized carbons (Fsp3) is 0.455. The van der Waals surface area contributed by atoms with Gasteiger partial charge in [0.15, 0.2) is 0 Å². The number of rotatable bonds is 2. The van der Waals surface area contributed by atoms with E-state index in [1.807, 2.05) is 0 Å². The minimum absolute atomic E-state index is 0.156. The second-order valence-electron chi connectivity index (χ2n) is 3.78. The van der Waals surface area contributed by atoms with Gasteiger partial charge in [0.05, 0.1) is 15.1 Å². The van der Waals surface area contributed by atoms with Crippen LogP contribution in [0.15, 0.2) is 12.1 Å². The van der Waals surface area contributed by atoms with Gasteiger partial charge in [0.25, 0.3) is 0 Å². The molecule has 0 saturated carbocycles. The van der Waals surface area contributed by atoms with Gasteiger partial charge in [0, 0.05) is 12.6 Å². The third-order valence-electron chi connectivity index (χ3n) is 2.52. The van der Waals surface area contributed by atoms with Crippen LogP contribution in [0.4, 0.5) is 0 Å². The molecule has 0 bridgehead atoms. The fourth-order valence-corrected chi connectivity index (χ4v) is 2.28. The van der Waals surface area contributed by atoms with Crippen LogP contribution >= 0.6 is 34.8 Å². The van der Waals surface area contributed by atoms with E-state index in [9.17, 15) is 0 Å². The van der Waals surface area contributed by atoms with Gasteiger partial charge in [0.1, 0.15) is 11.9 Å². The molecule has 1 N–H and O–H groups in total. The first-order chi connectivity index (χ1) is 7.66. The zero-order chi connectivity index (χ0) is 11.5. The minimum Gasteiger partial charge on any atom is -0.487 e. The van der Waals surface area contributed by atoms with Crippen molar-refractivity contribution >= 4 is 34.8 Å². The lowest BCUT2D eigenvalue weighted by Gasteiger charge is -2.24. The van der Waals surface area contributed by atoms with Crippen LogP contribution in [0.2, 0.25) is 15.1 Å². The van der Waals surface area contributed by atoms with Gasteiger partial charge in [0.2, 0.25) is 0 Å². The van der Waals surface area contributed by atoms with Crippen molar-refractivity contribution in [1.29, 1.82) is 0 Å². The summed E-state index contributed by atoms with van der Waals surface area (Å²) in [6.45, 7) is 1.89. The van der Waals surface area contributed by atoms with E-state index in [0.29, 0.717) is 20.8 Å². The highest BCUT2D eigenvalue weighted by Crippen LogP contribution is 2.34. The van der Waals surface area contributed by atoms with Crippen molar-refractivity contribution < 1.29 is 4.74 Å². The van der Waals surface area contributed by atoms with E-state index in [4.69, 9.17) is 39.5 Å². The molecule has 1 aliphatic heterocycles. The number of nitrogens with one attached hydrogen (secondary N) is 1. The monoisotopic (exact) mass is 279 g/mol. The van der Waals surface area contributed by atoms with Crippen LogP contribution in [0.3, 0.4) is 0 Å². The molecule has 1 fully saturated rings. The summed E-state index contributed by atoms with van der Waals surface area (Å²) < 4.78 is 5.78. The molecule has 0 radical (unpaired) electrons. The summed E-state index contributed by atoms with van der Waals surface area (Å²) in [7, 11) is 0. The zero-order valence-corrected chi connectivity index (χ0v) is 10.9. The Labute approximate surface area is 110 Å². The molecule has 2 rings (SSSR count). The lowest BCUT2D eigenvalue weighted by Crippen LogP contribution is -2.37. The first-order valence-electron chi connectivity index (χ1n) is 5.19. The fourth-order valence-electron chi connectivity index (χ4n) is 1.69. The number of benzene rings is 1. The molecule has 1 heterocycles. The second kappa shape index (κ2) is 5.46. The van der Waals surface area contributed by atoms with E-state index < -0.39 is 0 Å². The molecule has 1 aromatic carbocycles. The van der Waals surface area contributed by atoms with Crippen LogP contribution in [0.25, 0.3) is 0 Å². The largest absolute Gasteiger partial charge is 0.487 e. The van der Waals surface area contributed by atoms with Gasteiger partial charge in [-0.15, -0.1) is 0 Å². The Hall–Kier alpha value is -0.150. The normalized spacial score (nSPS) is 20.8. The van der Waals surface area contributed by atoms with Gasteiger partial charge in [-0.1, -0.05) is 34.8 Å². The third kappa shape index (κ3) is 2.95. The Morgan fingerprint density at radius 3 is 2.56 bits per heavy atom. The molecule has 1 aromatic rings. The lowest BCUT2D eigenvalue weighted by molar-refractivity contribution is 0.167. The average molecular weight is 281 g/mol. The molecule has 0 unspecified atom stereocenters. The highest BCUT2D eigenvalue weighted by Gasteiger charge is 2.16. The molecule has 1 atom stereocenters. The molecule has 0 amide bonds. The number of hydrogen-bond donors (Lipinski definition) is 1. The molecule has 0 spiro atoms. The first-order valence-corrected chi connectivity index (χ1v) is 6.32. The molecule has 0 aliphatic carbocycles. The van der Waals surface area contributed by atoms with E-state index >= 15 is 0 Å². The van der Waals surface area contributed by atoms with Crippen LogP contribution in [0.5, 0.6) is 5.75 Å². The highest BCUT2D eigenvalue weighted by molar-refractivity contribution is 6.43. The minimum atomic E-state index is 0.156. The average Bonchev–Trinajstić information content (AvgIpc) is 2.27. The molecular formula is C11H12Cl3NO. The van der Waals surface area contributed by atoms with Crippen molar-refractivity contribution in [3.63, 3.8) is 0 Å². The Morgan fingerprint density at radius 1 is 1.12 bits per heavy atom. The van der Waals surface area contributed by atoms with Crippen LogP contribution < -0.4 is 10.1 Å². The van der Waals surface area contributed by atoms with Gasteiger partial charge in [-0.05, 0) is 25.5 Å². The number of ether oxygens (including phenoxy) is 1. The maximum Gasteiger partial charge on any atom is 0.139 e. The van der Waals surface area contributed by atoms with Crippen LogP contribution in [0, 0.1) is 0 Å². The van der Waals surface area contributed by atoms with E-state index in [0.717, 1.165) is 25.9 Å². The Balaban J connectivity index is 2.11. The van der Waals surface area contributed by atoms with Gasteiger partial charge in [-0.3, -0.25) is 0 Å². The summed E-state index contributed by atoms with van der Waals surface area (Å²) in [5.41, 5.74) is 0. The van der Waals surface area contributed by atoms with E-state index in [1.165, 1.54) is 0 Å². The molecule has 88 valence electrons. The quantitative estimate of drug-likeness (QED) is 0.833. The molecule has 0 aromatic heterocycles. The molecule has 2 nitrogen and oxygen atoms in total. The Bertz CT molecular complexity index is 378.